The van der Waals surface area contributed by atoms with Crippen molar-refractivity contribution in [2.24, 2.45) is 0 Å². The van der Waals surface area contributed by atoms with Crippen LogP contribution in [0.15, 0.2) is 36.4 Å². The Morgan fingerprint density at radius 2 is 1.39 bits per heavy atom. The SMILES string of the molecule is O=C(c1ccccc1O)c1ccc(O)c(O)c1O. The fraction of sp³-hybridized carbons (Fsp3) is 0. The predicted molar refractivity (Wildman–Crippen MR) is 63.0 cm³/mol. The van der Waals surface area contributed by atoms with E-state index in [1.165, 1.54) is 18.2 Å². The Hall–Kier alpha value is -2.69. The molecule has 0 heterocycles. The minimum atomic E-state index is -0.767. The molecule has 4 N–H and O–H groups in total. The lowest BCUT2D eigenvalue weighted by atomic mass is 10.0. The molecule has 92 valence electrons. The molecule has 0 atom stereocenters. The van der Waals surface area contributed by atoms with Gasteiger partial charge in [-0.25, -0.2) is 0 Å². The monoisotopic (exact) mass is 246 g/mol. The first-order chi connectivity index (χ1) is 8.52. The van der Waals surface area contributed by atoms with Crippen molar-refractivity contribution in [1.82, 2.24) is 0 Å². The highest BCUT2D eigenvalue weighted by Crippen LogP contribution is 2.38. The molecule has 0 aliphatic rings. The van der Waals surface area contributed by atoms with E-state index in [9.17, 15) is 20.1 Å². The Labute approximate surface area is 102 Å². The van der Waals surface area contributed by atoms with Crippen molar-refractivity contribution in [2.45, 2.75) is 0 Å². The van der Waals surface area contributed by atoms with Crippen LogP contribution < -0.4 is 0 Å². The molecule has 0 saturated heterocycles. The molecule has 0 saturated carbocycles. The van der Waals surface area contributed by atoms with Crippen molar-refractivity contribution in [3.8, 4) is 23.0 Å². The molecule has 2 aromatic carbocycles. The second-order valence-electron chi connectivity index (χ2n) is 3.68. The Morgan fingerprint density at radius 3 is 2.06 bits per heavy atom. The molecule has 5 nitrogen and oxygen atoms in total. The second-order valence-corrected chi connectivity index (χ2v) is 3.68. The molecular formula is C13H10O5. The Kier molecular flexibility index (Phi) is 2.81. The summed E-state index contributed by atoms with van der Waals surface area (Å²) in [5.41, 5.74) is -0.204. The number of benzene rings is 2. The largest absolute Gasteiger partial charge is 0.507 e. The normalized spacial score (nSPS) is 10.2. The standard InChI is InChI=1S/C13H10O5/c14-9-4-2-1-3-7(9)11(16)8-5-6-10(15)13(18)12(8)17/h1-6,14-15,17-18H. The van der Waals surface area contributed by atoms with E-state index in [2.05, 4.69) is 0 Å². The molecule has 5 heteroatoms. The average Bonchev–Trinajstić information content (AvgIpc) is 2.36. The number of carbonyl (C=O) groups excluding carboxylic acids is 1. The Morgan fingerprint density at radius 1 is 0.722 bits per heavy atom. The smallest absolute Gasteiger partial charge is 0.201 e. The topological polar surface area (TPSA) is 98.0 Å². The molecule has 18 heavy (non-hydrogen) atoms. The third-order valence-electron chi connectivity index (χ3n) is 2.52. The van der Waals surface area contributed by atoms with E-state index in [0.29, 0.717) is 0 Å². The number of rotatable bonds is 2. The molecule has 2 aromatic rings. The summed E-state index contributed by atoms with van der Waals surface area (Å²) in [5.74, 6) is -2.89. The van der Waals surface area contributed by atoms with Gasteiger partial charge in [0.1, 0.15) is 5.75 Å². The molecule has 0 aromatic heterocycles. The summed E-state index contributed by atoms with van der Waals surface area (Å²) in [4.78, 5) is 12.0. The lowest BCUT2D eigenvalue weighted by Gasteiger charge is -2.07. The van der Waals surface area contributed by atoms with Crippen LogP contribution in [0.3, 0.4) is 0 Å². The maximum Gasteiger partial charge on any atom is 0.201 e. The zero-order valence-corrected chi connectivity index (χ0v) is 9.16. The van der Waals surface area contributed by atoms with E-state index in [0.717, 1.165) is 6.07 Å². The van der Waals surface area contributed by atoms with Gasteiger partial charge >= 0.3 is 0 Å². The van der Waals surface area contributed by atoms with Crippen LogP contribution in [-0.2, 0) is 0 Å². The van der Waals surface area contributed by atoms with Crippen LogP contribution in [0.4, 0.5) is 0 Å². The summed E-state index contributed by atoms with van der Waals surface area (Å²) < 4.78 is 0. The third kappa shape index (κ3) is 1.82. The number of aromatic hydroxyl groups is 4. The molecule has 0 aliphatic heterocycles. The van der Waals surface area contributed by atoms with E-state index in [1.807, 2.05) is 0 Å². The van der Waals surface area contributed by atoms with Crippen molar-refractivity contribution in [1.29, 1.82) is 0 Å². The van der Waals surface area contributed by atoms with Gasteiger partial charge in [0.2, 0.25) is 11.5 Å². The summed E-state index contributed by atoms with van der Waals surface area (Å²) in [5, 5.41) is 37.6. The zero-order valence-electron chi connectivity index (χ0n) is 9.16. The second kappa shape index (κ2) is 4.29. The van der Waals surface area contributed by atoms with E-state index >= 15 is 0 Å². The van der Waals surface area contributed by atoms with Gasteiger partial charge in [0, 0.05) is 0 Å². The number of phenolic OH excluding ortho intramolecular Hbond substituents is 4. The number of hydrogen-bond acceptors (Lipinski definition) is 5. The van der Waals surface area contributed by atoms with Crippen LogP contribution in [0.2, 0.25) is 0 Å². The highest BCUT2D eigenvalue weighted by Gasteiger charge is 2.20. The van der Waals surface area contributed by atoms with Crippen LogP contribution >= 0.6 is 0 Å². The van der Waals surface area contributed by atoms with Crippen molar-refractivity contribution in [3.05, 3.63) is 47.5 Å². The quantitative estimate of drug-likeness (QED) is 0.478. The first-order valence-electron chi connectivity index (χ1n) is 5.09. The van der Waals surface area contributed by atoms with E-state index in [4.69, 9.17) is 5.11 Å². The first kappa shape index (κ1) is 11.8. The molecule has 0 fully saturated rings. The maximum absolute atomic E-state index is 12.0. The molecule has 0 radical (unpaired) electrons. The lowest BCUT2D eigenvalue weighted by molar-refractivity contribution is 0.103. The predicted octanol–water partition coefficient (Wildman–Crippen LogP) is 1.74. The van der Waals surface area contributed by atoms with Gasteiger partial charge in [-0.2, -0.15) is 0 Å². The summed E-state index contributed by atoms with van der Waals surface area (Å²) in [7, 11) is 0. The molecular weight excluding hydrogens is 236 g/mol. The summed E-state index contributed by atoms with van der Waals surface area (Å²) >= 11 is 0. The molecule has 0 bridgehead atoms. The van der Waals surface area contributed by atoms with E-state index < -0.39 is 23.0 Å². The van der Waals surface area contributed by atoms with Gasteiger partial charge in [0.15, 0.2) is 11.5 Å². The van der Waals surface area contributed by atoms with Crippen molar-refractivity contribution < 1.29 is 25.2 Å². The summed E-state index contributed by atoms with van der Waals surface area (Å²) in [6.07, 6.45) is 0. The van der Waals surface area contributed by atoms with Gasteiger partial charge in [-0.1, -0.05) is 12.1 Å². The molecule has 0 amide bonds. The van der Waals surface area contributed by atoms with Crippen molar-refractivity contribution in [3.63, 3.8) is 0 Å². The van der Waals surface area contributed by atoms with Gasteiger partial charge in [0.25, 0.3) is 0 Å². The van der Waals surface area contributed by atoms with Gasteiger partial charge in [-0.15, -0.1) is 0 Å². The maximum atomic E-state index is 12.0. The van der Waals surface area contributed by atoms with Crippen molar-refractivity contribution >= 4 is 5.78 Å². The molecule has 0 unspecified atom stereocenters. The number of phenols is 4. The summed E-state index contributed by atoms with van der Waals surface area (Å²) in [6, 6.07) is 8.09. The van der Waals surface area contributed by atoms with Gasteiger partial charge in [-0.05, 0) is 24.3 Å². The average molecular weight is 246 g/mol. The minimum Gasteiger partial charge on any atom is -0.507 e. The van der Waals surface area contributed by atoms with E-state index in [-0.39, 0.29) is 16.9 Å². The number of ketones is 1. The number of carbonyl (C=O) groups is 1. The fourth-order valence-electron chi connectivity index (χ4n) is 1.56. The molecule has 0 spiro atoms. The van der Waals surface area contributed by atoms with Gasteiger partial charge in [0.05, 0.1) is 11.1 Å². The van der Waals surface area contributed by atoms with Gasteiger partial charge in [-0.3, -0.25) is 4.79 Å². The third-order valence-corrected chi connectivity index (χ3v) is 2.52. The Balaban J connectivity index is 2.54. The fourth-order valence-corrected chi connectivity index (χ4v) is 1.56. The van der Waals surface area contributed by atoms with Crippen LogP contribution in [0.5, 0.6) is 23.0 Å². The van der Waals surface area contributed by atoms with Gasteiger partial charge < -0.3 is 20.4 Å². The van der Waals surface area contributed by atoms with E-state index in [1.54, 1.807) is 12.1 Å². The van der Waals surface area contributed by atoms with Crippen LogP contribution in [-0.4, -0.2) is 26.2 Å². The summed E-state index contributed by atoms with van der Waals surface area (Å²) in [6.45, 7) is 0. The molecule has 0 aliphatic carbocycles. The lowest BCUT2D eigenvalue weighted by Crippen LogP contribution is -2.02. The van der Waals surface area contributed by atoms with Crippen LogP contribution in [0, 0.1) is 0 Å². The zero-order chi connectivity index (χ0) is 13.3. The number of para-hydroxylation sites is 1. The minimum absolute atomic E-state index is 0.00195. The highest BCUT2D eigenvalue weighted by molar-refractivity contribution is 6.12. The first-order valence-corrected chi connectivity index (χ1v) is 5.09. The van der Waals surface area contributed by atoms with Crippen LogP contribution in [0.1, 0.15) is 15.9 Å². The van der Waals surface area contributed by atoms with Crippen LogP contribution in [0.25, 0.3) is 0 Å². The number of hydrogen-bond donors (Lipinski definition) is 4. The Bertz CT molecular complexity index is 619. The highest BCUT2D eigenvalue weighted by atomic mass is 16.3. The van der Waals surface area contributed by atoms with Crippen molar-refractivity contribution in [2.75, 3.05) is 0 Å². The molecule has 2 rings (SSSR count).